The summed E-state index contributed by atoms with van der Waals surface area (Å²) in [6.45, 7) is 3.56. The highest BCUT2D eigenvalue weighted by molar-refractivity contribution is 5.96. The van der Waals surface area contributed by atoms with E-state index in [9.17, 15) is 14.4 Å². The van der Waals surface area contributed by atoms with E-state index in [-0.39, 0.29) is 6.42 Å². The average Bonchev–Trinajstić information content (AvgIpc) is 2.80. The summed E-state index contributed by atoms with van der Waals surface area (Å²) in [4.78, 5) is 36.0. The number of carbonyl (C=O) groups is 3. The first-order chi connectivity index (χ1) is 9.22. The van der Waals surface area contributed by atoms with Crippen LogP contribution in [0.2, 0.25) is 0 Å². The Morgan fingerprint density at radius 1 is 1.25 bits per heavy atom. The fourth-order valence-electron chi connectivity index (χ4n) is 2.40. The zero-order chi connectivity index (χ0) is 15.3. The first-order valence-corrected chi connectivity index (χ1v) is 7.00. The summed E-state index contributed by atoms with van der Waals surface area (Å²) in [5, 5.41) is 11.2. The zero-order valence-corrected chi connectivity index (χ0v) is 12.4. The molecule has 6 heteroatoms. The van der Waals surface area contributed by atoms with Crippen LogP contribution in [0.15, 0.2) is 0 Å². The molecule has 1 fully saturated rings. The van der Waals surface area contributed by atoms with E-state index < -0.39 is 23.3 Å². The fourth-order valence-corrected chi connectivity index (χ4v) is 2.40. The van der Waals surface area contributed by atoms with Crippen molar-refractivity contribution in [2.45, 2.75) is 46.0 Å². The lowest BCUT2D eigenvalue weighted by Gasteiger charge is -2.22. The lowest BCUT2D eigenvalue weighted by Crippen LogP contribution is -2.44. The predicted molar refractivity (Wildman–Crippen MR) is 74.2 cm³/mol. The van der Waals surface area contributed by atoms with E-state index in [1.165, 1.54) is 31.6 Å². The maximum atomic E-state index is 11.8. The maximum Gasteiger partial charge on any atom is 0.323 e. The van der Waals surface area contributed by atoms with Gasteiger partial charge in [0.1, 0.15) is 0 Å². The fraction of sp³-hybridized carbons (Fsp3) is 0.786. The van der Waals surface area contributed by atoms with Crippen LogP contribution in [0.4, 0.5) is 4.79 Å². The highest BCUT2D eigenvalue weighted by Gasteiger charge is 2.31. The summed E-state index contributed by atoms with van der Waals surface area (Å²) in [5.41, 5.74) is -1.17. The van der Waals surface area contributed by atoms with Gasteiger partial charge in [-0.1, -0.05) is 12.8 Å². The number of carboxylic acid groups (broad SMARTS) is 1. The van der Waals surface area contributed by atoms with Gasteiger partial charge in [-0.2, -0.15) is 0 Å². The molecule has 0 heterocycles. The third kappa shape index (κ3) is 4.83. The van der Waals surface area contributed by atoms with Gasteiger partial charge in [0.25, 0.3) is 0 Å². The second-order valence-electron chi connectivity index (χ2n) is 6.25. The van der Waals surface area contributed by atoms with Crippen molar-refractivity contribution < 1.29 is 19.5 Å². The van der Waals surface area contributed by atoms with Crippen LogP contribution in [-0.4, -0.2) is 41.5 Å². The largest absolute Gasteiger partial charge is 0.481 e. The molecular formula is C14H24N2O4. The van der Waals surface area contributed by atoms with Gasteiger partial charge >= 0.3 is 12.0 Å². The summed E-state index contributed by atoms with van der Waals surface area (Å²) in [6, 6.07) is -0.455. The summed E-state index contributed by atoms with van der Waals surface area (Å²) in [6.07, 6.45) is 4.43. The number of aliphatic carboxylic acids is 1. The number of carbonyl (C=O) groups excluding carboxylic acids is 2. The molecule has 1 saturated carbocycles. The molecule has 0 aromatic heterocycles. The van der Waals surface area contributed by atoms with Gasteiger partial charge in [-0.15, -0.1) is 0 Å². The van der Waals surface area contributed by atoms with Gasteiger partial charge in [0.15, 0.2) is 0 Å². The summed E-state index contributed by atoms with van der Waals surface area (Å²) in [5.74, 6) is -1.10. The summed E-state index contributed by atoms with van der Waals surface area (Å²) >= 11 is 0. The molecule has 20 heavy (non-hydrogen) atoms. The van der Waals surface area contributed by atoms with Crippen molar-refractivity contribution in [2.24, 2.45) is 11.3 Å². The van der Waals surface area contributed by atoms with Gasteiger partial charge in [-0.05, 0) is 32.6 Å². The highest BCUT2D eigenvalue weighted by atomic mass is 16.4. The molecule has 0 aromatic rings. The quantitative estimate of drug-likeness (QED) is 0.806. The molecule has 0 spiro atoms. The van der Waals surface area contributed by atoms with Crippen molar-refractivity contribution in [1.29, 1.82) is 0 Å². The van der Waals surface area contributed by atoms with Crippen molar-refractivity contribution in [2.75, 3.05) is 13.6 Å². The van der Waals surface area contributed by atoms with Gasteiger partial charge in [0.05, 0.1) is 5.41 Å². The topological polar surface area (TPSA) is 86.7 Å². The lowest BCUT2D eigenvalue weighted by molar-refractivity contribution is -0.149. The minimum Gasteiger partial charge on any atom is -0.481 e. The second-order valence-corrected chi connectivity index (χ2v) is 6.25. The molecule has 3 amide bonds. The van der Waals surface area contributed by atoms with Crippen molar-refractivity contribution in [3.63, 3.8) is 0 Å². The summed E-state index contributed by atoms with van der Waals surface area (Å²) < 4.78 is 0. The normalized spacial score (nSPS) is 15.9. The van der Waals surface area contributed by atoms with Crippen LogP contribution in [0.3, 0.4) is 0 Å². The smallest absolute Gasteiger partial charge is 0.323 e. The van der Waals surface area contributed by atoms with Gasteiger partial charge in [0.2, 0.25) is 5.91 Å². The van der Waals surface area contributed by atoms with Crippen LogP contribution in [0.1, 0.15) is 46.0 Å². The van der Waals surface area contributed by atoms with Gasteiger partial charge in [-0.3, -0.25) is 14.9 Å². The highest BCUT2D eigenvalue weighted by Crippen LogP contribution is 2.25. The van der Waals surface area contributed by atoms with Gasteiger partial charge in [0, 0.05) is 20.0 Å². The van der Waals surface area contributed by atoms with E-state index in [0.29, 0.717) is 12.5 Å². The number of amides is 3. The van der Waals surface area contributed by atoms with E-state index >= 15 is 0 Å². The number of carboxylic acids is 1. The third-order valence-corrected chi connectivity index (χ3v) is 3.78. The van der Waals surface area contributed by atoms with E-state index in [4.69, 9.17) is 5.11 Å². The first-order valence-electron chi connectivity index (χ1n) is 7.00. The monoisotopic (exact) mass is 284 g/mol. The number of rotatable bonds is 5. The minimum absolute atomic E-state index is 0.217. The Bertz CT molecular complexity index is 387. The van der Waals surface area contributed by atoms with Crippen molar-refractivity contribution in [3.05, 3.63) is 0 Å². The van der Waals surface area contributed by atoms with Crippen molar-refractivity contribution in [1.82, 2.24) is 10.2 Å². The van der Waals surface area contributed by atoms with Gasteiger partial charge in [-0.25, -0.2) is 4.79 Å². The average molecular weight is 284 g/mol. The Labute approximate surface area is 119 Å². The molecular weight excluding hydrogens is 260 g/mol. The molecule has 1 aliphatic rings. The first kappa shape index (κ1) is 16.5. The molecule has 0 bridgehead atoms. The van der Waals surface area contributed by atoms with Crippen LogP contribution >= 0.6 is 0 Å². The molecule has 1 rings (SSSR count). The van der Waals surface area contributed by atoms with Crippen LogP contribution in [0.25, 0.3) is 0 Å². The SMILES string of the molecule is CN(CC1CCCC1)C(=O)NC(=O)CC(C)(C)C(=O)O. The number of hydrogen-bond acceptors (Lipinski definition) is 3. The molecule has 0 aromatic carbocycles. The molecule has 6 nitrogen and oxygen atoms in total. The van der Waals surface area contributed by atoms with Crippen LogP contribution in [-0.2, 0) is 9.59 Å². The number of urea groups is 1. The molecule has 0 unspecified atom stereocenters. The van der Waals surface area contributed by atoms with Crippen molar-refractivity contribution >= 4 is 17.9 Å². The lowest BCUT2D eigenvalue weighted by atomic mass is 9.89. The Morgan fingerprint density at radius 3 is 2.30 bits per heavy atom. The molecule has 0 atom stereocenters. The van der Waals surface area contributed by atoms with Crippen LogP contribution in [0, 0.1) is 11.3 Å². The summed E-state index contributed by atoms with van der Waals surface area (Å²) in [7, 11) is 1.66. The minimum atomic E-state index is -1.17. The van der Waals surface area contributed by atoms with E-state index in [1.54, 1.807) is 7.05 Å². The number of hydrogen-bond donors (Lipinski definition) is 2. The molecule has 2 N–H and O–H groups in total. The number of nitrogens with one attached hydrogen (secondary N) is 1. The van der Waals surface area contributed by atoms with Crippen LogP contribution in [0.5, 0.6) is 0 Å². The molecule has 0 saturated heterocycles. The van der Waals surface area contributed by atoms with Crippen LogP contribution < -0.4 is 5.32 Å². The standard InChI is InChI=1S/C14H24N2O4/c1-14(2,12(18)19)8-11(17)15-13(20)16(3)9-10-6-4-5-7-10/h10H,4-9H2,1-3H3,(H,18,19)(H,15,17,20). The van der Waals surface area contributed by atoms with E-state index in [2.05, 4.69) is 5.32 Å². The second kappa shape index (κ2) is 6.72. The van der Waals surface area contributed by atoms with Crippen molar-refractivity contribution in [3.8, 4) is 0 Å². The number of imide groups is 1. The molecule has 0 radical (unpaired) electrons. The third-order valence-electron chi connectivity index (χ3n) is 3.78. The zero-order valence-electron chi connectivity index (χ0n) is 12.4. The van der Waals surface area contributed by atoms with Gasteiger partial charge < -0.3 is 10.0 Å². The number of nitrogens with zero attached hydrogens (tertiary/aromatic N) is 1. The maximum absolute atomic E-state index is 11.8. The predicted octanol–water partition coefficient (Wildman–Crippen LogP) is 1.85. The Hall–Kier alpha value is -1.59. The molecule has 1 aliphatic carbocycles. The van der Waals surface area contributed by atoms with E-state index in [1.807, 2.05) is 0 Å². The molecule has 0 aliphatic heterocycles. The van der Waals surface area contributed by atoms with E-state index in [0.717, 1.165) is 12.8 Å². The molecule has 114 valence electrons. The Balaban J connectivity index is 2.40. The Kier molecular flexibility index (Phi) is 5.53. The Morgan fingerprint density at radius 2 is 1.80 bits per heavy atom.